The molecule has 3 heterocycles. The van der Waals surface area contributed by atoms with E-state index in [1.54, 1.807) is 24.4 Å². The van der Waals surface area contributed by atoms with Crippen LogP contribution in [-0.2, 0) is 14.3 Å². The second kappa shape index (κ2) is 15.7. The summed E-state index contributed by atoms with van der Waals surface area (Å²) in [6, 6.07) is 13.9. The first-order valence-corrected chi connectivity index (χ1v) is 16.1. The van der Waals surface area contributed by atoms with Crippen molar-refractivity contribution in [3.05, 3.63) is 90.0 Å². The predicted octanol–water partition coefficient (Wildman–Crippen LogP) is 4.21. The summed E-state index contributed by atoms with van der Waals surface area (Å²) < 4.78 is 38.3. The van der Waals surface area contributed by atoms with Crippen molar-refractivity contribution in [2.24, 2.45) is 0 Å². The lowest BCUT2D eigenvalue weighted by Gasteiger charge is -2.26. The third-order valence-electron chi connectivity index (χ3n) is 8.20. The smallest absolute Gasteiger partial charge is 0.335 e. The number of fused-ring (bicyclic) bond motifs is 1. The number of methoxy groups -OCH3 is 1. The van der Waals surface area contributed by atoms with Gasteiger partial charge >= 0.3 is 6.03 Å². The summed E-state index contributed by atoms with van der Waals surface area (Å²) in [6.07, 6.45) is 3.44. The number of hydrogen-bond acceptors (Lipinski definition) is 11. The number of anilines is 2. The summed E-state index contributed by atoms with van der Waals surface area (Å²) in [6.45, 7) is 4.68. The number of aromatic nitrogens is 1. The van der Waals surface area contributed by atoms with Gasteiger partial charge in [-0.15, -0.1) is 0 Å². The second-order valence-electron chi connectivity index (χ2n) is 11.5. The number of benzene rings is 3. The Hall–Kier alpha value is -6.06. The Balaban J connectivity index is 1.14. The van der Waals surface area contributed by atoms with Crippen LogP contribution in [0.5, 0.6) is 23.0 Å². The Morgan fingerprint density at radius 2 is 1.84 bits per heavy atom. The van der Waals surface area contributed by atoms with Crippen molar-refractivity contribution in [2.75, 3.05) is 63.8 Å². The lowest BCUT2D eigenvalue weighted by Crippen LogP contribution is -2.54. The summed E-state index contributed by atoms with van der Waals surface area (Å²) in [4.78, 5) is 58.0. The molecule has 0 bridgehead atoms. The first-order chi connectivity index (χ1) is 24.7. The highest BCUT2D eigenvalue weighted by molar-refractivity contribution is 6.37. The molecule has 4 aromatic rings. The van der Waals surface area contributed by atoms with Gasteiger partial charge in [-0.2, -0.15) is 0 Å². The van der Waals surface area contributed by atoms with Crippen LogP contribution in [0, 0.1) is 5.82 Å². The van der Waals surface area contributed by atoms with E-state index < -0.39 is 35.1 Å². The number of morpholine rings is 1. The maximum atomic E-state index is 15.4. The van der Waals surface area contributed by atoms with E-state index >= 15 is 4.39 Å². The lowest BCUT2D eigenvalue weighted by molar-refractivity contribution is -0.122. The first-order valence-electron chi connectivity index (χ1n) is 16.1. The van der Waals surface area contributed by atoms with Gasteiger partial charge in [0.05, 0.1) is 38.1 Å². The molecule has 0 spiro atoms. The normalized spacial score (nSPS) is 15.9. The minimum absolute atomic E-state index is 0.0778. The largest absolute Gasteiger partial charge is 0.493 e. The Kier molecular flexibility index (Phi) is 10.7. The van der Waals surface area contributed by atoms with Crippen LogP contribution in [0.15, 0.2) is 78.6 Å². The van der Waals surface area contributed by atoms with Crippen molar-refractivity contribution in [2.45, 2.75) is 6.42 Å². The van der Waals surface area contributed by atoms with Crippen molar-refractivity contribution >= 4 is 46.0 Å². The summed E-state index contributed by atoms with van der Waals surface area (Å²) in [7, 11) is 2.98. The zero-order valence-corrected chi connectivity index (χ0v) is 27.9. The number of hydrogen-bond donors (Lipinski definition) is 3. The highest BCUT2D eigenvalue weighted by Gasteiger charge is 2.37. The van der Waals surface area contributed by atoms with E-state index in [1.165, 1.54) is 50.6 Å². The number of barbiturate groups is 1. The van der Waals surface area contributed by atoms with E-state index in [-0.39, 0.29) is 22.7 Å². The van der Waals surface area contributed by atoms with Crippen molar-refractivity contribution in [1.29, 1.82) is 0 Å². The number of pyridine rings is 1. The number of ether oxygens (including phenoxy) is 4. The second-order valence-corrected chi connectivity index (χ2v) is 11.5. The fourth-order valence-corrected chi connectivity index (χ4v) is 5.55. The highest BCUT2D eigenvalue weighted by atomic mass is 19.1. The molecule has 6 rings (SSSR count). The maximum absolute atomic E-state index is 15.4. The van der Waals surface area contributed by atoms with E-state index in [0.717, 1.165) is 56.4 Å². The van der Waals surface area contributed by atoms with Crippen LogP contribution in [0.1, 0.15) is 16.8 Å². The zero-order chi connectivity index (χ0) is 35.9. The Morgan fingerprint density at radius 3 is 2.61 bits per heavy atom. The van der Waals surface area contributed by atoms with E-state index in [2.05, 4.69) is 25.8 Å². The number of nitrogens with one attached hydrogen (secondary N) is 3. The van der Waals surface area contributed by atoms with Crippen molar-refractivity contribution in [1.82, 2.24) is 20.5 Å². The molecule has 2 aliphatic rings. The van der Waals surface area contributed by atoms with Crippen LogP contribution in [0.2, 0.25) is 0 Å². The van der Waals surface area contributed by atoms with Gasteiger partial charge in [-0.3, -0.25) is 29.6 Å². The Morgan fingerprint density at radius 1 is 1.02 bits per heavy atom. The number of carbonyl (C=O) groups excluding carboxylic acids is 4. The number of amides is 5. The van der Waals surface area contributed by atoms with Gasteiger partial charge in [0.25, 0.3) is 17.7 Å². The average Bonchev–Trinajstić information content (AvgIpc) is 3.14. The molecule has 0 radical (unpaired) electrons. The number of carbonyl (C=O) groups is 4. The minimum atomic E-state index is -0.978. The quantitative estimate of drug-likeness (QED) is 0.110. The van der Waals surface area contributed by atoms with Gasteiger partial charge < -0.3 is 29.6 Å². The summed E-state index contributed by atoms with van der Waals surface area (Å²) in [5, 5.41) is 7.87. The molecule has 0 unspecified atom stereocenters. The third-order valence-corrected chi connectivity index (χ3v) is 8.20. The van der Waals surface area contributed by atoms with Gasteiger partial charge in [-0.05, 0) is 48.9 Å². The van der Waals surface area contributed by atoms with Crippen LogP contribution in [0.4, 0.5) is 20.6 Å². The van der Waals surface area contributed by atoms with Crippen LogP contribution < -0.4 is 35.1 Å². The number of imide groups is 2. The molecule has 2 aliphatic heterocycles. The topological polar surface area (TPSA) is 161 Å². The predicted molar refractivity (Wildman–Crippen MR) is 185 cm³/mol. The standard InChI is InChI=1S/C36H35FN6O8/c1-38-33(44)22-5-3-6-24(17-22)43-35(46)26(34(45)41-36(43)47)21-40-23-7-8-30(27(37)18-23)51-29-9-10-39-28-20-32(31(48-2)19-25(28)29)50-14-4-11-42-12-15-49-16-13-42/h3,5-10,17-21,40H,4,11-16H2,1-2H3,(H,38,44)(H,41,45,47)/b26-21+. The number of halogens is 1. The molecule has 0 atom stereocenters. The minimum Gasteiger partial charge on any atom is -0.493 e. The molecule has 2 saturated heterocycles. The number of rotatable bonds is 12. The monoisotopic (exact) mass is 698 g/mol. The van der Waals surface area contributed by atoms with Crippen molar-refractivity contribution in [3.63, 3.8) is 0 Å². The lowest BCUT2D eigenvalue weighted by atomic mass is 10.1. The first kappa shape index (κ1) is 34.8. The van der Waals surface area contributed by atoms with Gasteiger partial charge in [-0.1, -0.05) is 6.07 Å². The summed E-state index contributed by atoms with van der Waals surface area (Å²) in [5.41, 5.74) is 0.615. The molecule has 51 heavy (non-hydrogen) atoms. The van der Waals surface area contributed by atoms with Crippen molar-refractivity contribution < 1.29 is 42.5 Å². The SMILES string of the molecule is CNC(=O)c1cccc(N2C(=O)NC(=O)/C(=C\Nc3ccc(Oc4ccnc5cc(OCCCN6CCOCC6)c(OC)cc45)c(F)c3)C2=O)c1. The fraction of sp³-hybridized carbons (Fsp3) is 0.250. The zero-order valence-electron chi connectivity index (χ0n) is 27.9. The number of urea groups is 1. The van der Waals surface area contributed by atoms with Crippen LogP contribution in [0.25, 0.3) is 10.9 Å². The average molecular weight is 699 g/mol. The maximum Gasteiger partial charge on any atom is 0.335 e. The molecule has 0 aliphatic carbocycles. The van der Waals surface area contributed by atoms with Crippen LogP contribution >= 0.6 is 0 Å². The molecule has 3 N–H and O–H groups in total. The molecule has 3 aromatic carbocycles. The van der Waals surface area contributed by atoms with Gasteiger partial charge in [0.2, 0.25) is 0 Å². The van der Waals surface area contributed by atoms with Gasteiger partial charge in [0.1, 0.15) is 11.3 Å². The van der Waals surface area contributed by atoms with E-state index in [0.29, 0.717) is 34.8 Å². The third kappa shape index (κ3) is 7.90. The molecule has 2 fully saturated rings. The van der Waals surface area contributed by atoms with Crippen LogP contribution in [-0.4, -0.2) is 87.2 Å². The molecular formula is C36H35FN6O8. The van der Waals surface area contributed by atoms with E-state index in [9.17, 15) is 19.2 Å². The van der Waals surface area contributed by atoms with Crippen molar-refractivity contribution in [3.8, 4) is 23.0 Å². The molecule has 264 valence electrons. The Bertz CT molecular complexity index is 2020. The molecule has 15 heteroatoms. The van der Waals surface area contributed by atoms with Gasteiger partial charge in [0, 0.05) is 67.8 Å². The molecule has 1 aromatic heterocycles. The van der Waals surface area contributed by atoms with E-state index in [4.69, 9.17) is 18.9 Å². The highest BCUT2D eigenvalue weighted by Crippen LogP contribution is 2.38. The van der Waals surface area contributed by atoms with Gasteiger partial charge in [0.15, 0.2) is 23.1 Å². The number of nitrogens with zero attached hydrogens (tertiary/aromatic N) is 3. The Labute approximate surface area is 292 Å². The summed E-state index contributed by atoms with van der Waals surface area (Å²) >= 11 is 0. The van der Waals surface area contributed by atoms with Crippen LogP contribution in [0.3, 0.4) is 0 Å². The summed E-state index contributed by atoms with van der Waals surface area (Å²) in [5.74, 6) is -1.81. The van der Waals surface area contributed by atoms with E-state index in [1.807, 2.05) is 0 Å². The molecule has 14 nitrogen and oxygen atoms in total. The molecule has 0 saturated carbocycles. The van der Waals surface area contributed by atoms with Gasteiger partial charge in [-0.25, -0.2) is 14.1 Å². The fourth-order valence-electron chi connectivity index (χ4n) is 5.55. The molecular weight excluding hydrogens is 663 g/mol. The molecule has 5 amide bonds.